The number of thiophene rings is 1. The largest absolute Gasteiger partial charge is 0.361 e. The average Bonchev–Trinajstić information content (AvgIpc) is 2.85. The Kier molecular flexibility index (Phi) is 2.99. The van der Waals surface area contributed by atoms with Gasteiger partial charge in [0.25, 0.3) is 0 Å². The molecule has 0 radical (unpaired) electrons. The Morgan fingerprint density at radius 2 is 2.43 bits per heavy atom. The van der Waals surface area contributed by atoms with Gasteiger partial charge in [0.1, 0.15) is 11.5 Å². The highest BCUT2D eigenvalue weighted by Gasteiger charge is 2.06. The number of aromatic nitrogens is 1. The van der Waals surface area contributed by atoms with Gasteiger partial charge in [-0.2, -0.15) is 0 Å². The van der Waals surface area contributed by atoms with E-state index in [1.807, 2.05) is 12.1 Å². The zero-order chi connectivity index (χ0) is 9.80. The second kappa shape index (κ2) is 4.42. The van der Waals surface area contributed by atoms with Gasteiger partial charge in [0.05, 0.1) is 4.88 Å². The Balaban J connectivity index is 2.10. The summed E-state index contributed by atoms with van der Waals surface area (Å²) in [6.07, 6.45) is 3.35. The van der Waals surface area contributed by atoms with E-state index in [-0.39, 0.29) is 0 Å². The lowest BCUT2D eigenvalue weighted by Gasteiger charge is -1.88. The van der Waals surface area contributed by atoms with Crippen LogP contribution in [-0.4, -0.2) is 5.16 Å². The standard InChI is InChI=1S/C11H13NOS/c1-2-3-5-9-8-10(12-13-9)11-6-4-7-14-11/h4,6-8H,2-3,5H2,1H3. The van der Waals surface area contributed by atoms with E-state index in [0.717, 1.165) is 17.9 Å². The average molecular weight is 207 g/mol. The van der Waals surface area contributed by atoms with Crippen LogP contribution in [0.3, 0.4) is 0 Å². The molecule has 0 aromatic carbocycles. The van der Waals surface area contributed by atoms with E-state index < -0.39 is 0 Å². The first kappa shape index (κ1) is 9.46. The molecule has 0 aliphatic carbocycles. The first-order valence-electron chi connectivity index (χ1n) is 4.89. The van der Waals surface area contributed by atoms with Crippen LogP contribution >= 0.6 is 11.3 Å². The van der Waals surface area contributed by atoms with Gasteiger partial charge in [-0.1, -0.05) is 24.6 Å². The summed E-state index contributed by atoms with van der Waals surface area (Å²) in [5.74, 6) is 0.996. The van der Waals surface area contributed by atoms with Crippen molar-refractivity contribution in [2.24, 2.45) is 0 Å². The Bertz CT molecular complexity index is 378. The molecular formula is C11H13NOS. The fourth-order valence-corrected chi connectivity index (χ4v) is 2.00. The van der Waals surface area contributed by atoms with Crippen LogP contribution < -0.4 is 0 Å². The molecule has 0 N–H and O–H groups in total. The monoisotopic (exact) mass is 207 g/mol. The minimum atomic E-state index is 0.964. The molecule has 0 aliphatic heterocycles. The summed E-state index contributed by atoms with van der Waals surface area (Å²) < 4.78 is 5.25. The smallest absolute Gasteiger partial charge is 0.137 e. The van der Waals surface area contributed by atoms with Crippen LogP contribution in [0.2, 0.25) is 0 Å². The minimum absolute atomic E-state index is 0.964. The number of aryl methyl sites for hydroxylation is 1. The van der Waals surface area contributed by atoms with Crippen LogP contribution in [-0.2, 0) is 6.42 Å². The SMILES string of the molecule is CCCCc1cc(-c2cccs2)no1. The van der Waals surface area contributed by atoms with E-state index in [4.69, 9.17) is 4.52 Å². The van der Waals surface area contributed by atoms with Gasteiger partial charge >= 0.3 is 0 Å². The van der Waals surface area contributed by atoms with E-state index in [9.17, 15) is 0 Å². The summed E-state index contributed by atoms with van der Waals surface area (Å²) in [4.78, 5) is 1.18. The summed E-state index contributed by atoms with van der Waals surface area (Å²) in [6.45, 7) is 2.18. The normalized spacial score (nSPS) is 10.6. The topological polar surface area (TPSA) is 26.0 Å². The van der Waals surface area contributed by atoms with Crippen molar-refractivity contribution in [2.75, 3.05) is 0 Å². The van der Waals surface area contributed by atoms with E-state index in [1.54, 1.807) is 11.3 Å². The van der Waals surface area contributed by atoms with Crippen LogP contribution in [0.5, 0.6) is 0 Å². The van der Waals surface area contributed by atoms with Crippen molar-refractivity contribution in [3.8, 4) is 10.6 Å². The molecule has 0 fully saturated rings. The lowest BCUT2D eigenvalue weighted by atomic mass is 10.2. The zero-order valence-corrected chi connectivity index (χ0v) is 9.01. The van der Waals surface area contributed by atoms with Crippen molar-refractivity contribution in [1.29, 1.82) is 0 Å². The van der Waals surface area contributed by atoms with Crippen molar-refractivity contribution < 1.29 is 4.52 Å². The van der Waals surface area contributed by atoms with Gasteiger partial charge in [0.2, 0.25) is 0 Å². The lowest BCUT2D eigenvalue weighted by molar-refractivity contribution is 0.382. The summed E-state index contributed by atoms with van der Waals surface area (Å²) in [5.41, 5.74) is 0.964. The summed E-state index contributed by atoms with van der Waals surface area (Å²) >= 11 is 1.69. The summed E-state index contributed by atoms with van der Waals surface area (Å²) in [6, 6.07) is 6.13. The second-order valence-electron chi connectivity index (χ2n) is 3.26. The molecule has 0 spiro atoms. The lowest BCUT2D eigenvalue weighted by Crippen LogP contribution is -1.78. The van der Waals surface area contributed by atoms with E-state index >= 15 is 0 Å². The van der Waals surface area contributed by atoms with Gasteiger partial charge in [0, 0.05) is 12.5 Å². The molecule has 2 heterocycles. The van der Waals surface area contributed by atoms with Crippen molar-refractivity contribution in [3.05, 3.63) is 29.3 Å². The maximum atomic E-state index is 5.25. The predicted octanol–water partition coefficient (Wildman–Crippen LogP) is 3.75. The highest BCUT2D eigenvalue weighted by atomic mass is 32.1. The molecule has 0 atom stereocenters. The molecule has 0 aliphatic rings. The maximum absolute atomic E-state index is 5.25. The van der Waals surface area contributed by atoms with Crippen molar-refractivity contribution >= 4 is 11.3 Å². The number of rotatable bonds is 4. The maximum Gasteiger partial charge on any atom is 0.137 e. The first-order valence-corrected chi connectivity index (χ1v) is 5.77. The second-order valence-corrected chi connectivity index (χ2v) is 4.21. The molecule has 2 aromatic heterocycles. The van der Waals surface area contributed by atoms with Crippen LogP contribution in [0.25, 0.3) is 10.6 Å². The van der Waals surface area contributed by atoms with Gasteiger partial charge < -0.3 is 4.52 Å². The minimum Gasteiger partial charge on any atom is -0.361 e. The third kappa shape index (κ3) is 2.04. The molecule has 0 saturated heterocycles. The van der Waals surface area contributed by atoms with Crippen LogP contribution in [0.15, 0.2) is 28.1 Å². The number of hydrogen-bond acceptors (Lipinski definition) is 3. The molecule has 2 rings (SSSR count). The Morgan fingerprint density at radius 1 is 1.50 bits per heavy atom. The molecule has 0 unspecified atom stereocenters. The van der Waals surface area contributed by atoms with Crippen molar-refractivity contribution in [1.82, 2.24) is 5.16 Å². The molecule has 2 aromatic rings. The van der Waals surface area contributed by atoms with Gasteiger partial charge in [-0.3, -0.25) is 0 Å². The molecule has 74 valence electrons. The Morgan fingerprint density at radius 3 is 3.14 bits per heavy atom. The van der Waals surface area contributed by atoms with Gasteiger partial charge in [-0.15, -0.1) is 11.3 Å². The third-order valence-electron chi connectivity index (χ3n) is 2.11. The highest BCUT2D eigenvalue weighted by molar-refractivity contribution is 7.13. The van der Waals surface area contributed by atoms with Gasteiger partial charge in [0.15, 0.2) is 0 Å². The van der Waals surface area contributed by atoms with E-state index in [1.165, 1.54) is 17.7 Å². The molecule has 14 heavy (non-hydrogen) atoms. The van der Waals surface area contributed by atoms with E-state index in [0.29, 0.717) is 0 Å². The van der Waals surface area contributed by atoms with Crippen LogP contribution in [0.1, 0.15) is 25.5 Å². The molecule has 2 nitrogen and oxygen atoms in total. The molecule has 0 saturated carbocycles. The van der Waals surface area contributed by atoms with Crippen LogP contribution in [0.4, 0.5) is 0 Å². The van der Waals surface area contributed by atoms with Crippen LogP contribution in [0, 0.1) is 0 Å². The third-order valence-corrected chi connectivity index (χ3v) is 3.00. The fraction of sp³-hybridized carbons (Fsp3) is 0.364. The summed E-state index contributed by atoms with van der Waals surface area (Å²) in [5, 5.41) is 6.10. The Labute approximate surface area is 87.6 Å². The van der Waals surface area contributed by atoms with Crippen molar-refractivity contribution in [3.63, 3.8) is 0 Å². The zero-order valence-electron chi connectivity index (χ0n) is 8.19. The number of hydrogen-bond donors (Lipinski definition) is 0. The highest BCUT2D eigenvalue weighted by Crippen LogP contribution is 2.24. The van der Waals surface area contributed by atoms with Gasteiger partial charge in [-0.25, -0.2) is 0 Å². The predicted molar refractivity (Wildman–Crippen MR) is 58.4 cm³/mol. The number of nitrogens with zero attached hydrogens (tertiary/aromatic N) is 1. The molecule has 0 bridgehead atoms. The number of unbranched alkanes of at least 4 members (excludes halogenated alkanes) is 1. The molecule has 0 amide bonds. The quantitative estimate of drug-likeness (QED) is 0.763. The van der Waals surface area contributed by atoms with Gasteiger partial charge in [-0.05, 0) is 17.9 Å². The van der Waals surface area contributed by atoms with E-state index in [2.05, 4.69) is 23.5 Å². The fourth-order valence-electron chi connectivity index (χ4n) is 1.32. The van der Waals surface area contributed by atoms with Crippen molar-refractivity contribution in [2.45, 2.75) is 26.2 Å². The Hall–Kier alpha value is -1.09. The molecular weight excluding hydrogens is 194 g/mol. The summed E-state index contributed by atoms with van der Waals surface area (Å²) in [7, 11) is 0. The first-order chi connectivity index (χ1) is 6.90. The molecule has 3 heteroatoms.